The largest absolute Gasteiger partial charge is 0.399 e. The Balaban J connectivity index is 1.73. The Morgan fingerprint density at radius 3 is 2.56 bits per heavy atom. The van der Waals surface area contributed by atoms with E-state index in [9.17, 15) is 0 Å². The highest BCUT2D eigenvalue weighted by Crippen LogP contribution is 2.49. The van der Waals surface area contributed by atoms with Crippen LogP contribution in [0.15, 0.2) is 24.3 Å². The molecule has 1 aliphatic heterocycles. The van der Waals surface area contributed by atoms with Gasteiger partial charge < -0.3 is 5.73 Å². The first-order valence-corrected chi connectivity index (χ1v) is 7.30. The van der Waals surface area contributed by atoms with Gasteiger partial charge in [0.15, 0.2) is 0 Å². The second kappa shape index (κ2) is 4.58. The van der Waals surface area contributed by atoms with Crippen molar-refractivity contribution >= 4 is 5.69 Å². The first-order valence-electron chi connectivity index (χ1n) is 7.30. The quantitative estimate of drug-likeness (QED) is 0.827. The van der Waals surface area contributed by atoms with Crippen molar-refractivity contribution in [2.75, 3.05) is 18.8 Å². The van der Waals surface area contributed by atoms with Gasteiger partial charge in [-0.05, 0) is 56.8 Å². The standard InChI is InChI=1S/C16H24N2/c1-13-4-2-3-11-18(13)12-16(9-10-16)14-5-7-15(17)8-6-14/h5-8,13H,2-4,9-12,17H2,1H3. The van der Waals surface area contributed by atoms with E-state index in [0.717, 1.165) is 11.7 Å². The van der Waals surface area contributed by atoms with Crippen molar-refractivity contribution in [2.45, 2.75) is 50.5 Å². The lowest BCUT2D eigenvalue weighted by atomic mass is 9.93. The van der Waals surface area contributed by atoms with Crippen LogP contribution in [0, 0.1) is 0 Å². The zero-order chi connectivity index (χ0) is 12.6. The number of likely N-dealkylation sites (tertiary alicyclic amines) is 1. The van der Waals surface area contributed by atoms with Crippen LogP contribution in [0.25, 0.3) is 0 Å². The number of hydrogen-bond acceptors (Lipinski definition) is 2. The van der Waals surface area contributed by atoms with Crippen molar-refractivity contribution in [3.8, 4) is 0 Å². The molecule has 1 aromatic rings. The summed E-state index contributed by atoms with van der Waals surface area (Å²) in [6.45, 7) is 4.92. The third-order valence-electron chi connectivity index (χ3n) is 4.82. The van der Waals surface area contributed by atoms with Crippen LogP contribution >= 0.6 is 0 Å². The first kappa shape index (κ1) is 12.0. The number of benzene rings is 1. The van der Waals surface area contributed by atoms with Gasteiger partial charge in [-0.25, -0.2) is 0 Å². The molecule has 1 heterocycles. The maximum atomic E-state index is 5.79. The van der Waals surface area contributed by atoms with Crippen LogP contribution in [0.5, 0.6) is 0 Å². The van der Waals surface area contributed by atoms with E-state index in [4.69, 9.17) is 5.73 Å². The van der Waals surface area contributed by atoms with E-state index >= 15 is 0 Å². The van der Waals surface area contributed by atoms with Crippen molar-refractivity contribution in [1.29, 1.82) is 0 Å². The van der Waals surface area contributed by atoms with Crippen LogP contribution in [0.2, 0.25) is 0 Å². The van der Waals surface area contributed by atoms with Gasteiger partial charge in [0.25, 0.3) is 0 Å². The van der Waals surface area contributed by atoms with Crippen LogP contribution in [-0.2, 0) is 5.41 Å². The highest BCUT2D eigenvalue weighted by Gasteiger charge is 2.45. The summed E-state index contributed by atoms with van der Waals surface area (Å²) in [6.07, 6.45) is 6.85. The number of rotatable bonds is 3. The minimum Gasteiger partial charge on any atom is -0.399 e. The number of hydrogen-bond donors (Lipinski definition) is 1. The van der Waals surface area contributed by atoms with E-state index in [0.29, 0.717) is 5.41 Å². The molecular weight excluding hydrogens is 220 g/mol. The van der Waals surface area contributed by atoms with Gasteiger partial charge in [0, 0.05) is 23.7 Å². The molecule has 1 unspecified atom stereocenters. The van der Waals surface area contributed by atoms with Crippen molar-refractivity contribution in [1.82, 2.24) is 4.90 Å². The van der Waals surface area contributed by atoms with Gasteiger partial charge in [0.2, 0.25) is 0 Å². The molecule has 0 radical (unpaired) electrons. The lowest BCUT2D eigenvalue weighted by Gasteiger charge is -2.36. The minimum absolute atomic E-state index is 0.444. The zero-order valence-corrected chi connectivity index (χ0v) is 11.4. The number of nitrogens with two attached hydrogens (primary N) is 1. The molecule has 0 aromatic heterocycles. The topological polar surface area (TPSA) is 29.3 Å². The van der Waals surface area contributed by atoms with Gasteiger partial charge in [0.1, 0.15) is 0 Å². The van der Waals surface area contributed by atoms with E-state index in [1.807, 2.05) is 0 Å². The third kappa shape index (κ3) is 2.26. The molecule has 0 bridgehead atoms. The number of nitrogens with zero attached hydrogens (tertiary/aromatic N) is 1. The fourth-order valence-electron chi connectivity index (χ4n) is 3.31. The summed E-state index contributed by atoms with van der Waals surface area (Å²) in [5, 5.41) is 0. The summed E-state index contributed by atoms with van der Waals surface area (Å²) < 4.78 is 0. The number of anilines is 1. The summed E-state index contributed by atoms with van der Waals surface area (Å²) in [5.74, 6) is 0. The summed E-state index contributed by atoms with van der Waals surface area (Å²) in [6, 6.07) is 9.34. The van der Waals surface area contributed by atoms with Crippen LogP contribution in [0.1, 0.15) is 44.6 Å². The second-order valence-electron chi connectivity index (χ2n) is 6.22. The van der Waals surface area contributed by atoms with Gasteiger partial charge in [0.05, 0.1) is 0 Å². The molecule has 2 N–H and O–H groups in total. The molecule has 1 saturated carbocycles. The smallest absolute Gasteiger partial charge is 0.0314 e. The lowest BCUT2D eigenvalue weighted by Crippen LogP contribution is -2.42. The Kier molecular flexibility index (Phi) is 3.06. The molecule has 3 rings (SSSR count). The van der Waals surface area contributed by atoms with Crippen LogP contribution < -0.4 is 5.73 Å². The van der Waals surface area contributed by atoms with E-state index in [2.05, 4.69) is 36.1 Å². The molecule has 2 nitrogen and oxygen atoms in total. The van der Waals surface area contributed by atoms with Gasteiger partial charge in [-0.2, -0.15) is 0 Å². The van der Waals surface area contributed by atoms with Crippen molar-refractivity contribution in [3.05, 3.63) is 29.8 Å². The Bertz CT molecular complexity index is 406. The molecule has 2 aliphatic rings. The molecule has 98 valence electrons. The molecule has 0 spiro atoms. The molecule has 1 saturated heterocycles. The van der Waals surface area contributed by atoms with E-state index in [1.165, 1.54) is 50.8 Å². The van der Waals surface area contributed by atoms with Crippen LogP contribution in [-0.4, -0.2) is 24.0 Å². The maximum absolute atomic E-state index is 5.79. The van der Waals surface area contributed by atoms with Gasteiger partial charge in [-0.1, -0.05) is 18.6 Å². The van der Waals surface area contributed by atoms with Crippen molar-refractivity contribution in [3.63, 3.8) is 0 Å². The number of piperidine rings is 1. The molecule has 1 aromatic carbocycles. The molecule has 2 heteroatoms. The zero-order valence-electron chi connectivity index (χ0n) is 11.4. The molecule has 2 fully saturated rings. The Morgan fingerprint density at radius 1 is 1.22 bits per heavy atom. The van der Waals surface area contributed by atoms with E-state index in [-0.39, 0.29) is 0 Å². The maximum Gasteiger partial charge on any atom is 0.0314 e. The minimum atomic E-state index is 0.444. The molecule has 1 atom stereocenters. The van der Waals surface area contributed by atoms with Crippen molar-refractivity contribution < 1.29 is 0 Å². The molecule has 1 aliphatic carbocycles. The van der Waals surface area contributed by atoms with Crippen molar-refractivity contribution in [2.24, 2.45) is 0 Å². The summed E-state index contributed by atoms with van der Waals surface area (Å²) in [4.78, 5) is 2.70. The Labute approximate surface area is 110 Å². The average molecular weight is 244 g/mol. The Hall–Kier alpha value is -1.02. The SMILES string of the molecule is CC1CCCCN1CC1(c2ccc(N)cc2)CC1. The predicted octanol–water partition coefficient (Wildman–Crippen LogP) is 3.17. The van der Waals surface area contributed by atoms with Gasteiger partial charge in [-0.3, -0.25) is 4.90 Å². The van der Waals surface area contributed by atoms with E-state index in [1.54, 1.807) is 0 Å². The summed E-state index contributed by atoms with van der Waals surface area (Å²) >= 11 is 0. The predicted molar refractivity (Wildman–Crippen MR) is 76.7 cm³/mol. The first-order chi connectivity index (χ1) is 8.70. The van der Waals surface area contributed by atoms with Crippen LogP contribution in [0.3, 0.4) is 0 Å². The number of nitrogen functional groups attached to an aromatic ring is 1. The Morgan fingerprint density at radius 2 is 1.94 bits per heavy atom. The molecular formula is C16H24N2. The molecule has 18 heavy (non-hydrogen) atoms. The highest BCUT2D eigenvalue weighted by atomic mass is 15.2. The van der Waals surface area contributed by atoms with Crippen LogP contribution in [0.4, 0.5) is 5.69 Å². The van der Waals surface area contributed by atoms with Gasteiger partial charge in [-0.15, -0.1) is 0 Å². The van der Waals surface area contributed by atoms with E-state index < -0.39 is 0 Å². The third-order valence-corrected chi connectivity index (χ3v) is 4.82. The normalized spacial score (nSPS) is 27.1. The van der Waals surface area contributed by atoms with Gasteiger partial charge >= 0.3 is 0 Å². The summed E-state index contributed by atoms with van der Waals surface area (Å²) in [5.41, 5.74) is 8.60. The fraction of sp³-hybridized carbons (Fsp3) is 0.625. The summed E-state index contributed by atoms with van der Waals surface area (Å²) in [7, 11) is 0. The molecule has 0 amide bonds. The monoisotopic (exact) mass is 244 g/mol. The fourth-order valence-corrected chi connectivity index (χ4v) is 3.31. The highest BCUT2D eigenvalue weighted by molar-refractivity contribution is 5.43. The average Bonchev–Trinajstić information content (AvgIpc) is 3.14. The lowest BCUT2D eigenvalue weighted by molar-refractivity contribution is 0.146. The second-order valence-corrected chi connectivity index (χ2v) is 6.22.